The number of rotatable bonds is 6. The third-order valence-corrected chi connectivity index (χ3v) is 4.52. The normalized spacial score (nSPS) is 10.2. The van der Waals surface area contributed by atoms with Gasteiger partial charge in [0.05, 0.1) is 23.6 Å². The summed E-state index contributed by atoms with van der Waals surface area (Å²) in [7, 11) is 3.02. The Bertz CT molecular complexity index is 745. The predicted molar refractivity (Wildman–Crippen MR) is 87.3 cm³/mol. The molecule has 0 amide bonds. The molecule has 0 saturated heterocycles. The fourth-order valence-corrected chi connectivity index (χ4v) is 2.98. The van der Waals surface area contributed by atoms with E-state index in [1.165, 1.54) is 26.4 Å². The monoisotopic (exact) mass is 401 g/mol. The van der Waals surface area contributed by atoms with Crippen LogP contribution in [-0.4, -0.2) is 25.1 Å². The zero-order chi connectivity index (χ0) is 17.0. The number of carbonyl (C=O) groups is 1. The number of hydrogen-bond donors (Lipinski definition) is 0. The molecule has 1 aromatic heterocycles. The quantitative estimate of drug-likeness (QED) is 0.415. The van der Waals surface area contributed by atoms with Crippen molar-refractivity contribution in [3.63, 3.8) is 0 Å². The van der Waals surface area contributed by atoms with Gasteiger partial charge in [0.1, 0.15) is 23.0 Å². The zero-order valence-electron chi connectivity index (χ0n) is 12.2. The van der Waals surface area contributed by atoms with Gasteiger partial charge < -0.3 is 14.2 Å². The maximum atomic E-state index is 12.0. The molecule has 23 heavy (non-hydrogen) atoms. The molecule has 0 N–H and O–H groups in total. The number of hydrogen-bond acceptors (Lipinski definition) is 7. The minimum Gasteiger partial charge on any atom is -0.496 e. The summed E-state index contributed by atoms with van der Waals surface area (Å²) in [5.41, 5.74) is 0.618. The van der Waals surface area contributed by atoms with E-state index >= 15 is 0 Å². The van der Waals surface area contributed by atoms with Crippen molar-refractivity contribution in [2.45, 2.75) is 6.61 Å². The molecule has 9 heteroatoms. The van der Waals surface area contributed by atoms with Crippen LogP contribution in [0.5, 0.6) is 11.5 Å². The van der Waals surface area contributed by atoms with Gasteiger partial charge in [-0.25, -0.2) is 4.79 Å². The molecule has 1 aromatic carbocycles. The zero-order valence-corrected chi connectivity index (χ0v) is 14.6. The van der Waals surface area contributed by atoms with Crippen molar-refractivity contribution < 1.29 is 23.9 Å². The molecular weight excluding hydrogens is 390 g/mol. The fourth-order valence-electron chi connectivity index (χ4n) is 1.79. The molecule has 0 fully saturated rings. The van der Waals surface area contributed by atoms with Crippen LogP contribution in [0, 0.1) is 10.1 Å². The molecule has 0 bridgehead atoms. The van der Waals surface area contributed by atoms with Crippen LogP contribution in [0.1, 0.15) is 15.2 Å². The molecule has 0 atom stereocenters. The lowest BCUT2D eigenvalue weighted by atomic mass is 10.2. The van der Waals surface area contributed by atoms with Crippen molar-refractivity contribution in [1.29, 1.82) is 0 Å². The SMILES string of the molecule is COc1cc(COC(=O)c2ccc([N+](=O)[O-])s2)c(OC)cc1Br. The number of halogens is 1. The number of esters is 1. The molecule has 0 spiro atoms. The van der Waals surface area contributed by atoms with Crippen LogP contribution in [0.3, 0.4) is 0 Å². The van der Waals surface area contributed by atoms with Crippen LogP contribution < -0.4 is 9.47 Å². The fraction of sp³-hybridized carbons (Fsp3) is 0.214. The van der Waals surface area contributed by atoms with Gasteiger partial charge in [-0.1, -0.05) is 11.3 Å². The van der Waals surface area contributed by atoms with Crippen molar-refractivity contribution in [3.05, 3.63) is 49.3 Å². The summed E-state index contributed by atoms with van der Waals surface area (Å²) in [4.78, 5) is 22.2. The Morgan fingerprint density at radius 1 is 1.26 bits per heavy atom. The van der Waals surface area contributed by atoms with Gasteiger partial charge in [0, 0.05) is 11.6 Å². The first-order chi connectivity index (χ1) is 11.0. The van der Waals surface area contributed by atoms with E-state index in [1.54, 1.807) is 12.1 Å². The van der Waals surface area contributed by atoms with E-state index in [9.17, 15) is 14.9 Å². The van der Waals surface area contributed by atoms with Crippen LogP contribution in [0.4, 0.5) is 5.00 Å². The van der Waals surface area contributed by atoms with Crippen LogP contribution in [0.2, 0.25) is 0 Å². The second kappa shape index (κ2) is 7.42. The van der Waals surface area contributed by atoms with E-state index in [-0.39, 0.29) is 16.5 Å². The lowest BCUT2D eigenvalue weighted by Crippen LogP contribution is -2.04. The summed E-state index contributed by atoms with van der Waals surface area (Å²) in [5.74, 6) is 0.471. The van der Waals surface area contributed by atoms with Gasteiger partial charge >= 0.3 is 11.0 Å². The summed E-state index contributed by atoms with van der Waals surface area (Å²) in [6.07, 6.45) is 0. The number of nitro groups is 1. The third-order valence-electron chi connectivity index (χ3n) is 2.89. The Kier molecular flexibility index (Phi) is 5.56. The average Bonchev–Trinajstić information content (AvgIpc) is 3.03. The van der Waals surface area contributed by atoms with Crippen LogP contribution in [0.25, 0.3) is 0 Å². The van der Waals surface area contributed by atoms with Gasteiger partial charge in [-0.3, -0.25) is 10.1 Å². The van der Waals surface area contributed by atoms with Crippen molar-refractivity contribution in [2.75, 3.05) is 14.2 Å². The molecule has 2 aromatic rings. The topological polar surface area (TPSA) is 87.9 Å². The van der Waals surface area contributed by atoms with Crippen LogP contribution >= 0.6 is 27.3 Å². The molecule has 0 aliphatic carbocycles. The van der Waals surface area contributed by atoms with Crippen molar-refractivity contribution in [3.8, 4) is 11.5 Å². The van der Waals surface area contributed by atoms with Gasteiger partial charge in [-0.15, -0.1) is 0 Å². The van der Waals surface area contributed by atoms with Crippen LogP contribution in [0.15, 0.2) is 28.7 Å². The maximum Gasteiger partial charge on any atom is 0.348 e. The van der Waals surface area contributed by atoms with Crippen molar-refractivity contribution in [1.82, 2.24) is 0 Å². The number of ether oxygens (including phenoxy) is 3. The Balaban J connectivity index is 2.13. The molecule has 0 aliphatic rings. The highest BCUT2D eigenvalue weighted by atomic mass is 79.9. The first-order valence-corrected chi connectivity index (χ1v) is 7.89. The number of thiophene rings is 1. The summed E-state index contributed by atoms with van der Waals surface area (Å²) >= 11 is 4.11. The summed E-state index contributed by atoms with van der Waals surface area (Å²) in [6.45, 7) is -0.0443. The molecule has 2 rings (SSSR count). The summed E-state index contributed by atoms with van der Waals surface area (Å²) in [6, 6.07) is 6.03. The molecule has 0 unspecified atom stereocenters. The minimum absolute atomic E-state index is 0.0443. The van der Waals surface area contributed by atoms with E-state index in [4.69, 9.17) is 14.2 Å². The van der Waals surface area contributed by atoms with Gasteiger partial charge in [0.15, 0.2) is 0 Å². The lowest BCUT2D eigenvalue weighted by Gasteiger charge is -2.12. The second-order valence-electron chi connectivity index (χ2n) is 4.27. The summed E-state index contributed by atoms with van der Waals surface area (Å²) < 4.78 is 16.3. The Morgan fingerprint density at radius 3 is 2.52 bits per heavy atom. The number of methoxy groups -OCH3 is 2. The molecule has 122 valence electrons. The van der Waals surface area contributed by atoms with Gasteiger partial charge in [-0.05, 0) is 34.1 Å². The molecule has 7 nitrogen and oxygen atoms in total. The lowest BCUT2D eigenvalue weighted by molar-refractivity contribution is -0.380. The molecule has 1 heterocycles. The molecular formula is C14H12BrNO6S. The van der Waals surface area contributed by atoms with Crippen molar-refractivity contribution in [2.24, 2.45) is 0 Å². The highest BCUT2D eigenvalue weighted by molar-refractivity contribution is 9.10. The Morgan fingerprint density at radius 2 is 1.96 bits per heavy atom. The third kappa shape index (κ3) is 3.99. The highest BCUT2D eigenvalue weighted by Gasteiger charge is 2.18. The van der Waals surface area contributed by atoms with Gasteiger partial charge in [0.2, 0.25) is 0 Å². The Labute approximate surface area is 144 Å². The smallest absolute Gasteiger partial charge is 0.348 e. The van der Waals surface area contributed by atoms with Gasteiger partial charge in [0.25, 0.3) is 0 Å². The van der Waals surface area contributed by atoms with E-state index in [0.29, 0.717) is 21.5 Å². The second-order valence-corrected chi connectivity index (χ2v) is 6.19. The number of benzene rings is 1. The predicted octanol–water partition coefficient (Wildman–Crippen LogP) is 3.79. The van der Waals surface area contributed by atoms with E-state index < -0.39 is 10.9 Å². The first kappa shape index (κ1) is 17.2. The number of carbonyl (C=O) groups excluding carboxylic acids is 1. The van der Waals surface area contributed by atoms with Crippen molar-refractivity contribution >= 4 is 38.2 Å². The largest absolute Gasteiger partial charge is 0.496 e. The molecule has 0 aliphatic heterocycles. The van der Waals surface area contributed by atoms with E-state index in [0.717, 1.165) is 11.3 Å². The number of nitrogens with zero attached hydrogens (tertiary/aromatic N) is 1. The van der Waals surface area contributed by atoms with Crippen LogP contribution in [-0.2, 0) is 11.3 Å². The average molecular weight is 402 g/mol. The molecule has 0 saturated carbocycles. The summed E-state index contributed by atoms with van der Waals surface area (Å²) in [5, 5.41) is 10.5. The standard InChI is InChI=1S/C14H12BrNO6S/c1-20-10-6-9(15)11(21-2)5-8(10)7-22-14(17)12-3-4-13(23-12)16(18)19/h3-6H,7H2,1-2H3. The Hall–Kier alpha value is -2.13. The molecule has 0 radical (unpaired) electrons. The van der Waals surface area contributed by atoms with E-state index in [2.05, 4.69) is 15.9 Å². The highest BCUT2D eigenvalue weighted by Crippen LogP contribution is 2.33. The first-order valence-electron chi connectivity index (χ1n) is 6.28. The van der Waals surface area contributed by atoms with Gasteiger partial charge in [-0.2, -0.15) is 0 Å². The maximum absolute atomic E-state index is 12.0. The minimum atomic E-state index is -0.632. The van der Waals surface area contributed by atoms with E-state index in [1.807, 2.05) is 0 Å².